The van der Waals surface area contributed by atoms with E-state index in [-0.39, 0.29) is 5.92 Å². The lowest BCUT2D eigenvalue weighted by molar-refractivity contribution is 0.182. The van der Waals surface area contributed by atoms with Gasteiger partial charge >= 0.3 is 0 Å². The van der Waals surface area contributed by atoms with Crippen LogP contribution in [0.4, 0.5) is 4.39 Å². The van der Waals surface area contributed by atoms with Crippen molar-refractivity contribution in [1.29, 1.82) is 0 Å². The average Bonchev–Trinajstić information content (AvgIpc) is 2.24. The third-order valence-electron chi connectivity index (χ3n) is 4.10. The molecule has 16 heavy (non-hydrogen) atoms. The van der Waals surface area contributed by atoms with E-state index in [1.807, 2.05) is 13.8 Å². The van der Waals surface area contributed by atoms with Crippen LogP contribution < -0.4 is 0 Å². The van der Waals surface area contributed by atoms with Crippen molar-refractivity contribution in [3.8, 4) is 0 Å². The largest absolute Gasteiger partial charge is 0.247 e. The van der Waals surface area contributed by atoms with E-state index in [0.717, 1.165) is 12.3 Å². The molecule has 1 heteroatoms. The molecule has 0 spiro atoms. The monoisotopic (exact) mass is 230 g/mol. The number of halogens is 1. The van der Waals surface area contributed by atoms with Crippen molar-refractivity contribution in [3.63, 3.8) is 0 Å². The van der Waals surface area contributed by atoms with Gasteiger partial charge in [0.15, 0.2) is 0 Å². The van der Waals surface area contributed by atoms with Gasteiger partial charge in [-0.15, -0.1) is 0 Å². The zero-order chi connectivity index (χ0) is 12.7. The highest BCUT2D eigenvalue weighted by Gasteiger charge is 2.20. The lowest BCUT2D eigenvalue weighted by Gasteiger charge is -2.24. The summed E-state index contributed by atoms with van der Waals surface area (Å²) in [5.74, 6) is 2.16. The van der Waals surface area contributed by atoms with Gasteiger partial charge in [0.2, 0.25) is 0 Å². The van der Waals surface area contributed by atoms with Crippen molar-refractivity contribution in [2.24, 2.45) is 23.7 Å². The lowest BCUT2D eigenvalue weighted by Crippen LogP contribution is -2.18. The maximum atomic E-state index is 13.6. The molecule has 0 aliphatic carbocycles. The van der Waals surface area contributed by atoms with Crippen LogP contribution in [0.25, 0.3) is 0 Å². The fraction of sp³-hybridized carbons (Fsp3) is 1.00. The summed E-state index contributed by atoms with van der Waals surface area (Å²) in [6, 6.07) is 0. The summed E-state index contributed by atoms with van der Waals surface area (Å²) < 4.78 is 13.6. The molecule has 0 rings (SSSR count). The zero-order valence-electron chi connectivity index (χ0n) is 12.1. The van der Waals surface area contributed by atoms with E-state index >= 15 is 0 Å². The summed E-state index contributed by atoms with van der Waals surface area (Å²) in [6.45, 7) is 13.0. The predicted molar refractivity (Wildman–Crippen MR) is 71.4 cm³/mol. The number of rotatable bonds is 8. The minimum absolute atomic E-state index is 0.171. The topological polar surface area (TPSA) is 0 Å². The first-order valence-corrected chi connectivity index (χ1v) is 7.02. The van der Waals surface area contributed by atoms with Gasteiger partial charge in [0.25, 0.3) is 0 Å². The number of hydrogen-bond acceptors (Lipinski definition) is 0. The van der Waals surface area contributed by atoms with Crippen LogP contribution in [0.1, 0.15) is 67.2 Å². The Hall–Kier alpha value is -0.0700. The second-order valence-corrected chi connectivity index (χ2v) is 6.04. The SMILES string of the molecule is CCC(C)CCC(C)C(C)CC(F)C(C)C. The predicted octanol–water partition coefficient (Wildman–Crippen LogP) is 5.47. The summed E-state index contributed by atoms with van der Waals surface area (Å²) in [7, 11) is 0. The molecule has 0 fully saturated rings. The molecule has 4 unspecified atom stereocenters. The van der Waals surface area contributed by atoms with Gasteiger partial charge in [0.1, 0.15) is 6.17 Å². The van der Waals surface area contributed by atoms with Crippen molar-refractivity contribution < 1.29 is 4.39 Å². The molecule has 0 amide bonds. The van der Waals surface area contributed by atoms with Gasteiger partial charge in [-0.2, -0.15) is 0 Å². The van der Waals surface area contributed by atoms with E-state index in [1.165, 1.54) is 19.3 Å². The first-order chi connectivity index (χ1) is 7.38. The second kappa shape index (κ2) is 8.08. The van der Waals surface area contributed by atoms with E-state index in [1.54, 1.807) is 0 Å². The Morgan fingerprint density at radius 2 is 1.44 bits per heavy atom. The van der Waals surface area contributed by atoms with Crippen LogP contribution in [0.15, 0.2) is 0 Å². The minimum atomic E-state index is -0.624. The molecule has 0 nitrogen and oxygen atoms in total. The standard InChI is InChI=1S/C15H31F/c1-7-12(4)8-9-13(5)14(6)10-15(16)11(2)3/h11-15H,7-10H2,1-6H3. The lowest BCUT2D eigenvalue weighted by atomic mass is 9.84. The van der Waals surface area contributed by atoms with Crippen molar-refractivity contribution >= 4 is 0 Å². The molecule has 0 aromatic heterocycles. The summed E-state index contributed by atoms with van der Waals surface area (Å²) in [5.41, 5.74) is 0. The molecule has 4 atom stereocenters. The van der Waals surface area contributed by atoms with Crippen molar-refractivity contribution in [2.45, 2.75) is 73.4 Å². The van der Waals surface area contributed by atoms with E-state index < -0.39 is 6.17 Å². The highest BCUT2D eigenvalue weighted by atomic mass is 19.1. The molecule has 0 aromatic carbocycles. The summed E-state index contributed by atoms with van der Waals surface area (Å²) in [5, 5.41) is 0. The molecule has 0 aliphatic heterocycles. The highest BCUT2D eigenvalue weighted by molar-refractivity contribution is 4.70. The van der Waals surface area contributed by atoms with Crippen molar-refractivity contribution in [2.75, 3.05) is 0 Å². The van der Waals surface area contributed by atoms with E-state index in [2.05, 4.69) is 27.7 Å². The van der Waals surface area contributed by atoms with Crippen LogP contribution in [0, 0.1) is 23.7 Å². The van der Waals surface area contributed by atoms with Gasteiger partial charge in [-0.1, -0.05) is 60.8 Å². The Morgan fingerprint density at radius 1 is 0.875 bits per heavy atom. The molecular formula is C15H31F. The van der Waals surface area contributed by atoms with E-state index in [9.17, 15) is 4.39 Å². The fourth-order valence-corrected chi connectivity index (χ4v) is 1.90. The Kier molecular flexibility index (Phi) is 8.05. The molecule has 0 radical (unpaired) electrons. The summed E-state index contributed by atoms with van der Waals surface area (Å²) in [6.07, 6.45) is 3.92. The third-order valence-corrected chi connectivity index (χ3v) is 4.10. The third kappa shape index (κ3) is 6.50. The van der Waals surface area contributed by atoms with Crippen LogP contribution in [0.2, 0.25) is 0 Å². The first kappa shape index (κ1) is 15.9. The first-order valence-electron chi connectivity index (χ1n) is 7.02. The smallest absolute Gasteiger partial charge is 0.103 e. The highest BCUT2D eigenvalue weighted by Crippen LogP contribution is 2.27. The number of alkyl halides is 1. The van der Waals surface area contributed by atoms with E-state index in [4.69, 9.17) is 0 Å². The maximum absolute atomic E-state index is 13.6. The van der Waals surface area contributed by atoms with Gasteiger partial charge in [0, 0.05) is 0 Å². The van der Waals surface area contributed by atoms with Crippen LogP contribution in [-0.4, -0.2) is 6.17 Å². The van der Waals surface area contributed by atoms with Gasteiger partial charge in [-0.3, -0.25) is 0 Å². The van der Waals surface area contributed by atoms with Gasteiger partial charge in [0.05, 0.1) is 0 Å². The molecule has 0 heterocycles. The van der Waals surface area contributed by atoms with Gasteiger partial charge < -0.3 is 0 Å². The van der Waals surface area contributed by atoms with Gasteiger partial charge in [-0.25, -0.2) is 4.39 Å². The Morgan fingerprint density at radius 3 is 1.88 bits per heavy atom. The maximum Gasteiger partial charge on any atom is 0.103 e. The summed E-state index contributed by atoms with van der Waals surface area (Å²) in [4.78, 5) is 0. The zero-order valence-corrected chi connectivity index (χ0v) is 12.1. The fourth-order valence-electron chi connectivity index (χ4n) is 1.90. The normalized spacial score (nSPS) is 19.5. The Labute approximate surface area is 102 Å². The Balaban J connectivity index is 3.85. The quantitative estimate of drug-likeness (QED) is 0.518. The molecule has 0 N–H and O–H groups in total. The molecule has 0 saturated carbocycles. The summed E-state index contributed by atoms with van der Waals surface area (Å²) >= 11 is 0. The second-order valence-electron chi connectivity index (χ2n) is 6.04. The van der Waals surface area contributed by atoms with Crippen molar-refractivity contribution in [1.82, 2.24) is 0 Å². The average molecular weight is 230 g/mol. The molecule has 0 aromatic rings. The Bertz CT molecular complexity index is 165. The minimum Gasteiger partial charge on any atom is -0.247 e. The van der Waals surface area contributed by atoms with Gasteiger partial charge in [-0.05, 0) is 30.1 Å². The molecule has 0 bridgehead atoms. The molecule has 98 valence electrons. The van der Waals surface area contributed by atoms with Crippen LogP contribution in [0.5, 0.6) is 0 Å². The van der Waals surface area contributed by atoms with Crippen LogP contribution >= 0.6 is 0 Å². The molecule has 0 aliphatic rings. The van der Waals surface area contributed by atoms with Crippen LogP contribution in [0.3, 0.4) is 0 Å². The molecular weight excluding hydrogens is 199 g/mol. The molecule has 0 saturated heterocycles. The number of hydrogen-bond donors (Lipinski definition) is 0. The van der Waals surface area contributed by atoms with Crippen molar-refractivity contribution in [3.05, 3.63) is 0 Å². The van der Waals surface area contributed by atoms with E-state index in [0.29, 0.717) is 11.8 Å². The van der Waals surface area contributed by atoms with Crippen LogP contribution in [-0.2, 0) is 0 Å².